The molecule has 1 aliphatic heterocycles. The summed E-state index contributed by atoms with van der Waals surface area (Å²) in [5, 5.41) is 8.52. The predicted octanol–water partition coefficient (Wildman–Crippen LogP) is 2.42. The smallest absolute Gasteiger partial charge is 0.161 e. The number of aromatic nitrogens is 3. The summed E-state index contributed by atoms with van der Waals surface area (Å²) in [5.74, 6) is 5.20. The zero-order valence-electron chi connectivity index (χ0n) is 10.5. The Morgan fingerprint density at radius 3 is 3.17 bits per heavy atom. The van der Waals surface area contributed by atoms with Gasteiger partial charge in [0.1, 0.15) is 11.6 Å². The van der Waals surface area contributed by atoms with Crippen molar-refractivity contribution < 1.29 is 4.74 Å². The van der Waals surface area contributed by atoms with E-state index in [2.05, 4.69) is 26.4 Å². The van der Waals surface area contributed by atoms with Gasteiger partial charge in [-0.15, -0.1) is 10.2 Å². The first-order valence-electron chi connectivity index (χ1n) is 6.32. The van der Waals surface area contributed by atoms with Crippen molar-refractivity contribution in [3.05, 3.63) is 24.2 Å². The van der Waals surface area contributed by atoms with Gasteiger partial charge in [-0.3, -0.25) is 4.40 Å². The number of fused-ring (bicyclic) bond motifs is 1. The molecular formula is C13H17N3OS. The van der Waals surface area contributed by atoms with Crippen LogP contribution < -0.4 is 4.74 Å². The summed E-state index contributed by atoms with van der Waals surface area (Å²) in [4.78, 5) is 0. The summed E-state index contributed by atoms with van der Waals surface area (Å²) in [5.41, 5.74) is 0.897. The molecule has 0 spiro atoms. The van der Waals surface area contributed by atoms with E-state index in [9.17, 15) is 0 Å². The SMILES string of the molecule is COc1ccc2nnc(CC3CCCSC3)n2c1. The number of rotatable bonds is 3. The lowest BCUT2D eigenvalue weighted by Gasteiger charge is -2.20. The van der Waals surface area contributed by atoms with E-state index in [1.807, 2.05) is 18.3 Å². The number of pyridine rings is 1. The van der Waals surface area contributed by atoms with Crippen LogP contribution in [0.15, 0.2) is 18.3 Å². The van der Waals surface area contributed by atoms with Gasteiger partial charge in [0.2, 0.25) is 0 Å². The average Bonchev–Trinajstić information content (AvgIpc) is 2.82. The Balaban J connectivity index is 1.86. The number of thioether (sulfide) groups is 1. The molecule has 2 aromatic heterocycles. The molecule has 4 nitrogen and oxygen atoms in total. The molecule has 0 saturated carbocycles. The molecular weight excluding hydrogens is 246 g/mol. The van der Waals surface area contributed by atoms with Crippen LogP contribution in [0.3, 0.4) is 0 Å². The molecule has 18 heavy (non-hydrogen) atoms. The molecule has 0 N–H and O–H groups in total. The summed E-state index contributed by atoms with van der Waals surface area (Å²) in [7, 11) is 1.68. The van der Waals surface area contributed by atoms with Crippen molar-refractivity contribution in [3.8, 4) is 5.75 Å². The maximum Gasteiger partial charge on any atom is 0.161 e. The zero-order chi connectivity index (χ0) is 12.4. The summed E-state index contributed by atoms with van der Waals surface area (Å²) >= 11 is 2.06. The van der Waals surface area contributed by atoms with E-state index < -0.39 is 0 Å². The number of methoxy groups -OCH3 is 1. The molecule has 1 saturated heterocycles. The number of hydrogen-bond acceptors (Lipinski definition) is 4. The molecule has 5 heteroatoms. The van der Waals surface area contributed by atoms with Crippen LogP contribution in [0, 0.1) is 5.92 Å². The molecule has 1 unspecified atom stereocenters. The van der Waals surface area contributed by atoms with Crippen molar-refractivity contribution >= 4 is 17.4 Å². The van der Waals surface area contributed by atoms with Gasteiger partial charge < -0.3 is 4.74 Å². The first-order chi connectivity index (χ1) is 8.86. The lowest BCUT2D eigenvalue weighted by atomic mass is 10.0. The fraction of sp³-hybridized carbons (Fsp3) is 0.538. The number of ether oxygens (including phenoxy) is 1. The molecule has 1 aliphatic rings. The Kier molecular flexibility index (Phi) is 3.41. The van der Waals surface area contributed by atoms with Crippen LogP contribution in [0.2, 0.25) is 0 Å². The zero-order valence-corrected chi connectivity index (χ0v) is 11.3. The van der Waals surface area contributed by atoms with Gasteiger partial charge in [0.15, 0.2) is 5.65 Å². The quantitative estimate of drug-likeness (QED) is 0.852. The lowest BCUT2D eigenvalue weighted by Crippen LogP contribution is -2.14. The first-order valence-corrected chi connectivity index (χ1v) is 7.47. The second-order valence-electron chi connectivity index (χ2n) is 4.70. The van der Waals surface area contributed by atoms with Crippen LogP contribution >= 0.6 is 11.8 Å². The normalized spacial score (nSPS) is 20.2. The molecule has 0 aliphatic carbocycles. The van der Waals surface area contributed by atoms with Crippen LogP contribution in [-0.2, 0) is 6.42 Å². The van der Waals surface area contributed by atoms with Crippen molar-refractivity contribution in [1.29, 1.82) is 0 Å². The molecule has 3 heterocycles. The fourth-order valence-electron chi connectivity index (χ4n) is 2.41. The number of hydrogen-bond donors (Lipinski definition) is 0. The highest BCUT2D eigenvalue weighted by molar-refractivity contribution is 7.99. The number of nitrogens with zero attached hydrogens (tertiary/aromatic N) is 3. The minimum atomic E-state index is 0.738. The molecule has 0 radical (unpaired) electrons. The minimum absolute atomic E-state index is 0.738. The Morgan fingerprint density at radius 2 is 2.39 bits per heavy atom. The van der Waals surface area contributed by atoms with E-state index in [0.29, 0.717) is 0 Å². The third kappa shape index (κ3) is 2.32. The Bertz CT molecular complexity index is 534. The van der Waals surface area contributed by atoms with Crippen molar-refractivity contribution in [2.24, 2.45) is 5.92 Å². The van der Waals surface area contributed by atoms with Crippen LogP contribution in [-0.4, -0.2) is 33.2 Å². The predicted molar refractivity (Wildman–Crippen MR) is 73.3 cm³/mol. The van der Waals surface area contributed by atoms with Gasteiger partial charge in [-0.2, -0.15) is 11.8 Å². The summed E-state index contributed by atoms with van der Waals surface area (Å²) < 4.78 is 7.31. The van der Waals surface area contributed by atoms with Crippen LogP contribution in [0.5, 0.6) is 5.75 Å². The third-order valence-electron chi connectivity index (χ3n) is 3.41. The van der Waals surface area contributed by atoms with E-state index >= 15 is 0 Å². The highest BCUT2D eigenvalue weighted by Crippen LogP contribution is 2.25. The van der Waals surface area contributed by atoms with E-state index in [0.717, 1.165) is 29.6 Å². The highest BCUT2D eigenvalue weighted by atomic mass is 32.2. The molecule has 0 bridgehead atoms. The van der Waals surface area contributed by atoms with Gasteiger partial charge in [-0.05, 0) is 42.4 Å². The van der Waals surface area contributed by atoms with Gasteiger partial charge in [-0.1, -0.05) is 0 Å². The van der Waals surface area contributed by atoms with Crippen molar-refractivity contribution in [2.45, 2.75) is 19.3 Å². The second-order valence-corrected chi connectivity index (χ2v) is 5.85. The van der Waals surface area contributed by atoms with E-state index in [1.165, 1.54) is 24.3 Å². The molecule has 1 atom stereocenters. The molecule has 96 valence electrons. The Labute approximate surface area is 111 Å². The monoisotopic (exact) mass is 263 g/mol. The Hall–Kier alpha value is -1.23. The molecule has 0 amide bonds. The summed E-state index contributed by atoms with van der Waals surface area (Å²) in [6.45, 7) is 0. The topological polar surface area (TPSA) is 39.4 Å². The molecule has 2 aromatic rings. The van der Waals surface area contributed by atoms with E-state index in [-0.39, 0.29) is 0 Å². The maximum atomic E-state index is 5.26. The average molecular weight is 263 g/mol. The maximum absolute atomic E-state index is 5.26. The van der Waals surface area contributed by atoms with E-state index in [4.69, 9.17) is 4.74 Å². The fourth-order valence-corrected chi connectivity index (χ4v) is 3.56. The van der Waals surface area contributed by atoms with Crippen LogP contribution in [0.25, 0.3) is 5.65 Å². The largest absolute Gasteiger partial charge is 0.495 e. The lowest BCUT2D eigenvalue weighted by molar-refractivity contribution is 0.411. The van der Waals surface area contributed by atoms with Crippen molar-refractivity contribution in [2.75, 3.05) is 18.6 Å². The minimum Gasteiger partial charge on any atom is -0.495 e. The standard InChI is InChI=1S/C13H17N3OS/c1-17-11-4-5-12-14-15-13(16(12)8-11)7-10-3-2-6-18-9-10/h4-5,8,10H,2-3,6-7,9H2,1H3. The van der Waals surface area contributed by atoms with Crippen molar-refractivity contribution in [3.63, 3.8) is 0 Å². The Morgan fingerprint density at radius 1 is 1.44 bits per heavy atom. The van der Waals surface area contributed by atoms with Gasteiger partial charge in [-0.25, -0.2) is 0 Å². The van der Waals surface area contributed by atoms with Gasteiger partial charge in [0, 0.05) is 6.42 Å². The molecule has 0 aromatic carbocycles. The molecule has 1 fully saturated rings. The van der Waals surface area contributed by atoms with Gasteiger partial charge in [0.25, 0.3) is 0 Å². The van der Waals surface area contributed by atoms with Crippen LogP contribution in [0.1, 0.15) is 18.7 Å². The third-order valence-corrected chi connectivity index (χ3v) is 4.69. The van der Waals surface area contributed by atoms with E-state index in [1.54, 1.807) is 7.11 Å². The van der Waals surface area contributed by atoms with Gasteiger partial charge >= 0.3 is 0 Å². The second kappa shape index (κ2) is 5.18. The first kappa shape index (κ1) is 11.8. The molecule has 3 rings (SSSR count). The van der Waals surface area contributed by atoms with Crippen LogP contribution in [0.4, 0.5) is 0 Å². The van der Waals surface area contributed by atoms with Gasteiger partial charge in [0.05, 0.1) is 13.3 Å². The summed E-state index contributed by atoms with van der Waals surface area (Å²) in [6, 6.07) is 3.87. The highest BCUT2D eigenvalue weighted by Gasteiger charge is 2.17. The summed E-state index contributed by atoms with van der Waals surface area (Å²) in [6.07, 6.45) is 5.63. The van der Waals surface area contributed by atoms with Crippen molar-refractivity contribution in [1.82, 2.24) is 14.6 Å².